The zero-order chi connectivity index (χ0) is 19.7. The Morgan fingerprint density at radius 2 is 1.59 bits per heavy atom. The van der Waals surface area contributed by atoms with Crippen molar-refractivity contribution < 1.29 is 22.7 Å². The van der Waals surface area contributed by atoms with Gasteiger partial charge in [0.1, 0.15) is 5.60 Å². The molecule has 3 aromatic carbocycles. The van der Waals surface area contributed by atoms with Gasteiger partial charge in [-0.1, -0.05) is 48.5 Å². The second-order valence-corrected chi connectivity index (χ2v) is 7.62. The van der Waals surface area contributed by atoms with Gasteiger partial charge in [0.25, 0.3) is 0 Å². The number of esters is 1. The Labute approximate surface area is 168 Å². The molecule has 0 aromatic heterocycles. The van der Waals surface area contributed by atoms with Gasteiger partial charge in [0.05, 0.1) is 12.0 Å². The van der Waals surface area contributed by atoms with Crippen molar-refractivity contribution in [2.24, 2.45) is 0 Å². The molecule has 0 radical (unpaired) electrons. The maximum atomic E-state index is 13.3. The Kier molecular flexibility index (Phi) is 5.46. The van der Waals surface area contributed by atoms with Crippen molar-refractivity contribution in [3.63, 3.8) is 0 Å². The predicted molar refractivity (Wildman–Crippen MR) is 107 cm³/mol. The Hall–Kier alpha value is -2.09. The molecule has 0 spiro atoms. The maximum absolute atomic E-state index is 13.3. The van der Waals surface area contributed by atoms with E-state index in [0.717, 1.165) is 10.8 Å². The molecule has 0 bridgehead atoms. The third-order valence-electron chi connectivity index (χ3n) is 4.31. The summed E-state index contributed by atoms with van der Waals surface area (Å²) in [4.78, 5) is 12.6. The molecule has 27 heavy (non-hydrogen) atoms. The number of alkyl halides is 3. The third-order valence-corrected chi connectivity index (χ3v) is 5.25. The lowest BCUT2D eigenvalue weighted by molar-refractivity contribution is -0.175. The van der Waals surface area contributed by atoms with Gasteiger partial charge >= 0.3 is 12.1 Å². The molecule has 0 aliphatic carbocycles. The third kappa shape index (κ3) is 4.61. The van der Waals surface area contributed by atoms with Crippen LogP contribution in [0.15, 0.2) is 66.7 Å². The summed E-state index contributed by atoms with van der Waals surface area (Å²) in [6.45, 7) is 1.30. The first-order valence-electron chi connectivity index (χ1n) is 8.22. The standard InChI is InChI=1S/C21H16F3IO2/c1-20(13-21(22,23)24,27-19(26)17-8-4-5-9-18(17)25)16-11-10-14-6-2-3-7-15(14)12-16/h2-12H,13H2,1H3. The summed E-state index contributed by atoms with van der Waals surface area (Å²) in [6.07, 6.45) is -5.77. The van der Waals surface area contributed by atoms with E-state index in [1.165, 1.54) is 6.92 Å². The van der Waals surface area contributed by atoms with Crippen LogP contribution in [0.1, 0.15) is 29.3 Å². The summed E-state index contributed by atoms with van der Waals surface area (Å²) < 4.78 is 45.9. The van der Waals surface area contributed by atoms with Crippen LogP contribution in [0.5, 0.6) is 0 Å². The summed E-state index contributed by atoms with van der Waals surface area (Å²) in [5.41, 5.74) is -1.29. The summed E-state index contributed by atoms with van der Waals surface area (Å²) in [5, 5.41) is 1.69. The molecule has 6 heteroatoms. The second kappa shape index (κ2) is 7.50. The smallest absolute Gasteiger partial charge is 0.393 e. The van der Waals surface area contributed by atoms with Crippen molar-refractivity contribution in [3.8, 4) is 0 Å². The molecular weight excluding hydrogens is 468 g/mol. The fraction of sp³-hybridized carbons (Fsp3) is 0.190. The molecule has 3 rings (SSSR count). The molecule has 1 atom stereocenters. The van der Waals surface area contributed by atoms with Gasteiger partial charge < -0.3 is 4.74 Å². The van der Waals surface area contributed by atoms with Crippen LogP contribution in [-0.2, 0) is 10.3 Å². The summed E-state index contributed by atoms with van der Waals surface area (Å²) in [6, 6.07) is 19.0. The van der Waals surface area contributed by atoms with Crippen molar-refractivity contribution in [3.05, 3.63) is 81.4 Å². The van der Waals surface area contributed by atoms with E-state index in [1.54, 1.807) is 42.5 Å². The Bertz CT molecular complexity index is 984. The van der Waals surface area contributed by atoms with E-state index in [-0.39, 0.29) is 5.56 Å². The summed E-state index contributed by atoms with van der Waals surface area (Å²) >= 11 is 1.96. The zero-order valence-electron chi connectivity index (χ0n) is 14.4. The molecule has 140 valence electrons. The normalized spacial score (nSPS) is 14.0. The van der Waals surface area contributed by atoms with Gasteiger partial charge in [0.15, 0.2) is 0 Å². The lowest BCUT2D eigenvalue weighted by Crippen LogP contribution is -2.34. The molecule has 0 saturated heterocycles. The van der Waals surface area contributed by atoms with Crippen LogP contribution >= 0.6 is 22.6 Å². The highest BCUT2D eigenvalue weighted by Crippen LogP contribution is 2.39. The fourth-order valence-corrected chi connectivity index (χ4v) is 3.59. The van der Waals surface area contributed by atoms with Crippen LogP contribution in [0.4, 0.5) is 13.2 Å². The number of rotatable bonds is 4. The molecule has 0 aliphatic rings. The lowest BCUT2D eigenvalue weighted by atomic mass is 9.90. The highest BCUT2D eigenvalue weighted by atomic mass is 127. The molecular formula is C21H16F3IO2. The zero-order valence-corrected chi connectivity index (χ0v) is 16.5. The number of carbonyl (C=O) groups is 1. The molecule has 2 nitrogen and oxygen atoms in total. The number of halogens is 4. The van der Waals surface area contributed by atoms with Crippen molar-refractivity contribution >= 4 is 39.3 Å². The topological polar surface area (TPSA) is 26.3 Å². The van der Waals surface area contributed by atoms with E-state index >= 15 is 0 Å². The van der Waals surface area contributed by atoms with Gasteiger partial charge in [-0.25, -0.2) is 4.79 Å². The average molecular weight is 484 g/mol. The first-order valence-corrected chi connectivity index (χ1v) is 9.30. The van der Waals surface area contributed by atoms with Gasteiger partial charge in [-0.15, -0.1) is 0 Å². The summed E-state index contributed by atoms with van der Waals surface area (Å²) in [7, 11) is 0. The highest BCUT2D eigenvalue weighted by molar-refractivity contribution is 14.1. The van der Waals surface area contributed by atoms with Crippen LogP contribution in [0.2, 0.25) is 0 Å². The van der Waals surface area contributed by atoms with Crippen molar-refractivity contribution in [2.75, 3.05) is 0 Å². The molecule has 1 unspecified atom stereocenters. The monoisotopic (exact) mass is 484 g/mol. The largest absolute Gasteiger partial charge is 0.450 e. The van der Waals surface area contributed by atoms with Gasteiger partial charge in [0, 0.05) is 3.57 Å². The van der Waals surface area contributed by atoms with Crippen molar-refractivity contribution in [1.82, 2.24) is 0 Å². The quantitative estimate of drug-likeness (QED) is 0.314. The van der Waals surface area contributed by atoms with Gasteiger partial charge in [-0.05, 0) is 64.0 Å². The van der Waals surface area contributed by atoms with Crippen LogP contribution < -0.4 is 0 Å². The minimum Gasteiger partial charge on any atom is -0.450 e. The molecule has 3 aromatic rings. The minimum atomic E-state index is -4.50. The predicted octanol–water partition coefficient (Wildman–Crippen LogP) is 6.47. The highest BCUT2D eigenvalue weighted by Gasteiger charge is 2.43. The van der Waals surface area contributed by atoms with Gasteiger partial charge in [-0.3, -0.25) is 0 Å². The average Bonchev–Trinajstić information content (AvgIpc) is 2.60. The van der Waals surface area contributed by atoms with E-state index in [9.17, 15) is 18.0 Å². The van der Waals surface area contributed by atoms with Crippen LogP contribution in [-0.4, -0.2) is 12.1 Å². The van der Waals surface area contributed by atoms with E-state index in [2.05, 4.69) is 0 Å². The molecule has 0 amide bonds. The van der Waals surface area contributed by atoms with E-state index in [0.29, 0.717) is 9.13 Å². The van der Waals surface area contributed by atoms with E-state index in [1.807, 2.05) is 46.9 Å². The lowest BCUT2D eigenvalue weighted by Gasteiger charge is -2.31. The Morgan fingerprint density at radius 3 is 2.26 bits per heavy atom. The van der Waals surface area contributed by atoms with Crippen LogP contribution in [0, 0.1) is 3.57 Å². The van der Waals surface area contributed by atoms with Crippen LogP contribution in [0.3, 0.4) is 0 Å². The number of hydrogen-bond acceptors (Lipinski definition) is 2. The maximum Gasteiger partial charge on any atom is 0.393 e. The molecule has 0 saturated carbocycles. The van der Waals surface area contributed by atoms with E-state index < -0.39 is 24.2 Å². The molecule has 0 N–H and O–H groups in total. The second-order valence-electron chi connectivity index (χ2n) is 6.45. The SMILES string of the molecule is CC(CC(F)(F)F)(OC(=O)c1ccccc1I)c1ccc2ccccc2c1. The molecule has 0 fully saturated rings. The molecule has 0 heterocycles. The Balaban J connectivity index is 2.03. The van der Waals surface area contributed by atoms with Crippen LogP contribution in [0.25, 0.3) is 10.8 Å². The first-order chi connectivity index (χ1) is 12.7. The number of hydrogen-bond donors (Lipinski definition) is 0. The number of carbonyl (C=O) groups excluding carboxylic acids is 1. The first kappa shape index (κ1) is 19.7. The van der Waals surface area contributed by atoms with Gasteiger partial charge in [-0.2, -0.15) is 13.2 Å². The Morgan fingerprint density at radius 1 is 0.963 bits per heavy atom. The fourth-order valence-electron chi connectivity index (χ4n) is 2.98. The number of benzene rings is 3. The van der Waals surface area contributed by atoms with Crippen molar-refractivity contribution in [1.29, 1.82) is 0 Å². The minimum absolute atomic E-state index is 0.243. The van der Waals surface area contributed by atoms with Crippen molar-refractivity contribution in [2.45, 2.75) is 25.1 Å². The number of fused-ring (bicyclic) bond motifs is 1. The number of ether oxygens (including phenoxy) is 1. The van der Waals surface area contributed by atoms with Gasteiger partial charge in [0.2, 0.25) is 0 Å². The molecule has 0 aliphatic heterocycles. The summed E-state index contributed by atoms with van der Waals surface area (Å²) in [5.74, 6) is -0.778. The van der Waals surface area contributed by atoms with E-state index in [4.69, 9.17) is 4.74 Å².